The number of H-pyrrole nitrogens is 1. The van der Waals surface area contributed by atoms with E-state index in [1.54, 1.807) is 42.6 Å². The van der Waals surface area contributed by atoms with Crippen molar-refractivity contribution in [1.82, 2.24) is 4.98 Å². The molecule has 2 rings (SSSR count). The van der Waals surface area contributed by atoms with Gasteiger partial charge >= 0.3 is 0 Å². The molecule has 14 heavy (non-hydrogen) atoms. The second-order valence-electron chi connectivity index (χ2n) is 3.03. The Morgan fingerprint density at radius 3 is 2.43 bits per heavy atom. The predicted molar refractivity (Wildman–Crippen MR) is 55.1 cm³/mol. The quantitative estimate of drug-likeness (QED) is 0.555. The van der Waals surface area contributed by atoms with Gasteiger partial charge in [0.1, 0.15) is 0 Å². The molecule has 0 atom stereocenters. The van der Waals surface area contributed by atoms with Gasteiger partial charge in [0.05, 0.1) is 5.69 Å². The van der Waals surface area contributed by atoms with E-state index in [4.69, 9.17) is 5.73 Å². The lowest BCUT2D eigenvalue weighted by Crippen LogP contribution is -2.01. The molecule has 0 saturated carbocycles. The fourth-order valence-corrected chi connectivity index (χ4v) is 1.26. The number of benzene rings is 1. The van der Waals surface area contributed by atoms with Crippen molar-refractivity contribution < 1.29 is 4.79 Å². The summed E-state index contributed by atoms with van der Waals surface area (Å²) in [5, 5.41) is 0. The molecule has 1 aromatic carbocycles. The zero-order valence-electron chi connectivity index (χ0n) is 7.53. The van der Waals surface area contributed by atoms with Gasteiger partial charge in [-0.15, -0.1) is 0 Å². The first-order chi connectivity index (χ1) is 6.77. The van der Waals surface area contributed by atoms with Crippen molar-refractivity contribution in [2.75, 3.05) is 5.73 Å². The van der Waals surface area contributed by atoms with Crippen LogP contribution in [0.15, 0.2) is 42.6 Å². The fraction of sp³-hybridized carbons (Fsp3) is 0. The van der Waals surface area contributed by atoms with Gasteiger partial charge in [-0.1, -0.05) is 0 Å². The molecule has 0 aliphatic carbocycles. The first kappa shape index (κ1) is 8.56. The van der Waals surface area contributed by atoms with E-state index >= 15 is 0 Å². The molecule has 0 amide bonds. The zero-order chi connectivity index (χ0) is 9.97. The minimum Gasteiger partial charge on any atom is -0.399 e. The van der Waals surface area contributed by atoms with E-state index in [0.717, 1.165) is 0 Å². The summed E-state index contributed by atoms with van der Waals surface area (Å²) in [4.78, 5) is 14.6. The third kappa shape index (κ3) is 1.52. The largest absolute Gasteiger partial charge is 0.399 e. The van der Waals surface area contributed by atoms with Gasteiger partial charge in [-0.3, -0.25) is 4.79 Å². The summed E-state index contributed by atoms with van der Waals surface area (Å²) in [5.74, 6) is -0.0185. The highest BCUT2D eigenvalue weighted by molar-refractivity contribution is 6.07. The Labute approximate surface area is 81.6 Å². The molecule has 0 bridgehead atoms. The minimum atomic E-state index is -0.0185. The number of carbonyl (C=O) groups excluding carboxylic acids is 1. The number of ketones is 1. The summed E-state index contributed by atoms with van der Waals surface area (Å²) >= 11 is 0. The van der Waals surface area contributed by atoms with Crippen LogP contribution in [0.2, 0.25) is 0 Å². The monoisotopic (exact) mass is 186 g/mol. The maximum Gasteiger partial charge on any atom is 0.209 e. The van der Waals surface area contributed by atoms with Crippen molar-refractivity contribution in [2.24, 2.45) is 0 Å². The molecular formula is C11H10N2O. The Balaban J connectivity index is 2.33. The van der Waals surface area contributed by atoms with Crippen LogP contribution in [0.25, 0.3) is 0 Å². The summed E-state index contributed by atoms with van der Waals surface area (Å²) in [7, 11) is 0. The highest BCUT2D eigenvalue weighted by atomic mass is 16.1. The van der Waals surface area contributed by atoms with Crippen molar-refractivity contribution in [3.8, 4) is 0 Å². The number of hydrogen-bond donors (Lipinski definition) is 2. The molecule has 3 nitrogen and oxygen atoms in total. The molecule has 0 saturated heterocycles. The third-order valence-corrected chi connectivity index (χ3v) is 2.02. The average Bonchev–Trinajstić information content (AvgIpc) is 2.71. The van der Waals surface area contributed by atoms with Crippen molar-refractivity contribution in [3.63, 3.8) is 0 Å². The number of nitrogens with one attached hydrogen (secondary N) is 1. The molecular weight excluding hydrogens is 176 g/mol. The first-order valence-electron chi connectivity index (χ1n) is 4.31. The molecule has 0 spiro atoms. The lowest BCUT2D eigenvalue weighted by Gasteiger charge is -1.98. The molecule has 1 aromatic heterocycles. The van der Waals surface area contributed by atoms with E-state index in [2.05, 4.69) is 4.98 Å². The fourth-order valence-electron chi connectivity index (χ4n) is 1.26. The van der Waals surface area contributed by atoms with E-state index in [1.807, 2.05) is 0 Å². The molecule has 0 aliphatic rings. The molecule has 2 aromatic rings. The Morgan fingerprint density at radius 1 is 1.14 bits per heavy atom. The van der Waals surface area contributed by atoms with Gasteiger partial charge in [0.25, 0.3) is 0 Å². The normalized spacial score (nSPS) is 10.0. The van der Waals surface area contributed by atoms with E-state index in [9.17, 15) is 4.79 Å². The number of nitrogen functional groups attached to an aromatic ring is 1. The molecule has 3 heteroatoms. The first-order valence-corrected chi connectivity index (χ1v) is 4.31. The Bertz CT molecular complexity index is 429. The van der Waals surface area contributed by atoms with Crippen molar-refractivity contribution in [3.05, 3.63) is 53.9 Å². The second-order valence-corrected chi connectivity index (χ2v) is 3.03. The topological polar surface area (TPSA) is 58.9 Å². The van der Waals surface area contributed by atoms with Crippen LogP contribution in [0.4, 0.5) is 5.69 Å². The summed E-state index contributed by atoms with van der Waals surface area (Å²) in [6.07, 6.45) is 1.73. The maximum atomic E-state index is 11.7. The summed E-state index contributed by atoms with van der Waals surface area (Å²) in [5.41, 5.74) is 7.42. The van der Waals surface area contributed by atoms with Gasteiger partial charge in [0.2, 0.25) is 5.78 Å². The van der Waals surface area contributed by atoms with Gasteiger partial charge in [-0.25, -0.2) is 0 Å². The van der Waals surface area contributed by atoms with Gasteiger partial charge in [-0.05, 0) is 36.4 Å². The Morgan fingerprint density at radius 2 is 1.86 bits per heavy atom. The maximum absolute atomic E-state index is 11.7. The average molecular weight is 186 g/mol. The molecule has 70 valence electrons. The lowest BCUT2D eigenvalue weighted by molar-refractivity contribution is 0.103. The molecule has 0 aliphatic heterocycles. The van der Waals surface area contributed by atoms with Crippen LogP contribution in [-0.4, -0.2) is 10.8 Å². The summed E-state index contributed by atoms with van der Waals surface area (Å²) in [6, 6.07) is 10.4. The summed E-state index contributed by atoms with van der Waals surface area (Å²) < 4.78 is 0. The van der Waals surface area contributed by atoms with E-state index in [-0.39, 0.29) is 5.78 Å². The smallest absolute Gasteiger partial charge is 0.209 e. The third-order valence-electron chi connectivity index (χ3n) is 2.02. The lowest BCUT2D eigenvalue weighted by atomic mass is 10.1. The SMILES string of the molecule is Nc1ccc(C(=O)c2ccc[nH]2)cc1. The zero-order valence-corrected chi connectivity index (χ0v) is 7.53. The van der Waals surface area contributed by atoms with Crippen LogP contribution >= 0.6 is 0 Å². The van der Waals surface area contributed by atoms with Crippen LogP contribution < -0.4 is 5.73 Å². The number of aromatic amines is 1. The molecule has 1 heterocycles. The van der Waals surface area contributed by atoms with Gasteiger partial charge in [0.15, 0.2) is 0 Å². The van der Waals surface area contributed by atoms with Gasteiger partial charge in [0, 0.05) is 17.4 Å². The molecule has 0 fully saturated rings. The number of nitrogens with two attached hydrogens (primary N) is 1. The number of rotatable bonds is 2. The predicted octanol–water partition coefficient (Wildman–Crippen LogP) is 1.83. The molecule has 0 radical (unpaired) electrons. The van der Waals surface area contributed by atoms with Crippen molar-refractivity contribution in [2.45, 2.75) is 0 Å². The van der Waals surface area contributed by atoms with Crippen molar-refractivity contribution >= 4 is 11.5 Å². The Hall–Kier alpha value is -2.03. The summed E-state index contributed by atoms with van der Waals surface area (Å²) in [6.45, 7) is 0. The van der Waals surface area contributed by atoms with E-state index < -0.39 is 0 Å². The molecule has 0 unspecified atom stereocenters. The number of aromatic nitrogens is 1. The van der Waals surface area contributed by atoms with Gasteiger partial charge in [-0.2, -0.15) is 0 Å². The van der Waals surface area contributed by atoms with Gasteiger partial charge < -0.3 is 10.7 Å². The van der Waals surface area contributed by atoms with Crippen LogP contribution in [0.5, 0.6) is 0 Å². The van der Waals surface area contributed by atoms with Crippen LogP contribution in [0.3, 0.4) is 0 Å². The second kappa shape index (κ2) is 3.38. The standard InChI is InChI=1S/C11H10N2O/c12-9-5-3-8(4-6-9)11(14)10-2-1-7-13-10/h1-7,13H,12H2. The van der Waals surface area contributed by atoms with E-state index in [0.29, 0.717) is 16.9 Å². The Kier molecular flexibility index (Phi) is 2.07. The van der Waals surface area contributed by atoms with E-state index in [1.165, 1.54) is 0 Å². The minimum absolute atomic E-state index is 0.0185. The number of hydrogen-bond acceptors (Lipinski definition) is 2. The highest BCUT2D eigenvalue weighted by Gasteiger charge is 2.08. The number of carbonyl (C=O) groups is 1. The number of anilines is 1. The van der Waals surface area contributed by atoms with Crippen LogP contribution in [0.1, 0.15) is 16.1 Å². The van der Waals surface area contributed by atoms with Crippen LogP contribution in [-0.2, 0) is 0 Å². The highest BCUT2D eigenvalue weighted by Crippen LogP contribution is 2.10. The van der Waals surface area contributed by atoms with Crippen LogP contribution in [0, 0.1) is 0 Å². The van der Waals surface area contributed by atoms with Crippen molar-refractivity contribution in [1.29, 1.82) is 0 Å². The molecule has 3 N–H and O–H groups in total.